The van der Waals surface area contributed by atoms with Gasteiger partial charge in [-0.3, -0.25) is 0 Å². The maximum absolute atomic E-state index is 10.3. The van der Waals surface area contributed by atoms with Crippen LogP contribution in [0.3, 0.4) is 0 Å². The van der Waals surface area contributed by atoms with Crippen LogP contribution in [-0.4, -0.2) is 5.97 Å². The van der Waals surface area contributed by atoms with Crippen molar-refractivity contribution in [1.29, 1.82) is 0 Å². The topological polar surface area (TPSA) is 26.3 Å². The van der Waals surface area contributed by atoms with Gasteiger partial charge < -0.3 is 0 Å². The van der Waals surface area contributed by atoms with E-state index in [9.17, 15) is 4.79 Å². The van der Waals surface area contributed by atoms with Crippen molar-refractivity contribution in [3.05, 3.63) is 0 Å². The Morgan fingerprint density at radius 3 is 1.75 bits per heavy atom. The fourth-order valence-electron chi connectivity index (χ4n) is 0.431. The van der Waals surface area contributed by atoms with Crippen LogP contribution in [0.15, 0.2) is 0 Å². The van der Waals surface area contributed by atoms with Crippen molar-refractivity contribution in [2.45, 2.75) is 22.6 Å². The van der Waals surface area contributed by atoms with Crippen molar-refractivity contribution in [2.24, 2.45) is 0 Å². The third-order valence-corrected chi connectivity index (χ3v) is 1.86. The van der Waals surface area contributed by atoms with E-state index in [0.29, 0.717) is 0 Å². The van der Waals surface area contributed by atoms with E-state index in [0.717, 1.165) is 0 Å². The molecule has 0 aromatic carbocycles. The first-order chi connectivity index (χ1) is 3.42. The van der Waals surface area contributed by atoms with Gasteiger partial charge in [-0.05, 0) is 0 Å². The maximum atomic E-state index is 10.3. The molecule has 0 fully saturated rings. The van der Waals surface area contributed by atoms with Gasteiger partial charge in [-0.1, -0.05) is 0 Å². The molecule has 0 aromatic heterocycles. The molecule has 0 N–H and O–H groups in total. The average Bonchev–Trinajstić information content (AvgIpc) is 1.21. The van der Waals surface area contributed by atoms with Crippen molar-refractivity contribution >= 4 is 5.97 Å². The van der Waals surface area contributed by atoms with E-state index >= 15 is 0 Å². The first-order valence-corrected chi connectivity index (χ1v) is 7.93. The van der Waals surface area contributed by atoms with E-state index in [1.807, 2.05) is 15.7 Å². The van der Waals surface area contributed by atoms with Crippen molar-refractivity contribution in [2.75, 3.05) is 0 Å². The first-order valence-electron chi connectivity index (χ1n) is 2.61. The van der Waals surface area contributed by atoms with E-state index in [-0.39, 0.29) is 5.97 Å². The number of rotatable bonds is 1. The van der Waals surface area contributed by atoms with Gasteiger partial charge in [0.1, 0.15) is 0 Å². The summed E-state index contributed by atoms with van der Waals surface area (Å²) in [7, 11) is 0. The number of carbonyl (C=O) groups excluding carboxylic acids is 1. The van der Waals surface area contributed by atoms with Crippen molar-refractivity contribution in [3.63, 3.8) is 0 Å². The Hall–Kier alpha value is 0.184. The number of carbonyl (C=O) groups is 1. The Morgan fingerprint density at radius 1 is 1.38 bits per heavy atom. The Morgan fingerprint density at radius 2 is 1.75 bits per heavy atom. The summed E-state index contributed by atoms with van der Waals surface area (Å²) in [6, 6.07) is 0. The van der Waals surface area contributed by atoms with Gasteiger partial charge in [0.05, 0.1) is 0 Å². The molecule has 0 heterocycles. The minimum atomic E-state index is -2.00. The van der Waals surface area contributed by atoms with Gasteiger partial charge in [0, 0.05) is 0 Å². The molecule has 0 radical (unpaired) electrons. The summed E-state index contributed by atoms with van der Waals surface area (Å²) < 4.78 is 4.99. The molecule has 0 aliphatic rings. The van der Waals surface area contributed by atoms with Crippen molar-refractivity contribution in [3.8, 4) is 0 Å². The Kier molecular flexibility index (Phi) is 2.71. The molecule has 0 aliphatic heterocycles. The van der Waals surface area contributed by atoms with E-state index in [1.54, 1.807) is 0 Å². The molecule has 48 valence electrons. The van der Waals surface area contributed by atoms with E-state index in [2.05, 4.69) is 0 Å². The number of hydrogen-bond donors (Lipinski definition) is 0. The van der Waals surface area contributed by atoms with Crippen LogP contribution in [-0.2, 0) is 25.1 Å². The molecular weight excluding hydrogens is 140 g/mol. The monoisotopic (exact) mass is 152 g/mol. The summed E-state index contributed by atoms with van der Waals surface area (Å²) >= 11 is -2.00. The molecule has 0 saturated heterocycles. The predicted molar refractivity (Wildman–Crippen MR) is 29.4 cm³/mol. The van der Waals surface area contributed by atoms with Crippen LogP contribution in [0.4, 0.5) is 0 Å². The van der Waals surface area contributed by atoms with Crippen LogP contribution >= 0.6 is 0 Å². The molecule has 0 aliphatic carbocycles. The molecule has 0 amide bonds. The second-order valence-electron chi connectivity index (χ2n) is 2.71. The van der Waals surface area contributed by atoms with Crippen LogP contribution in [0.25, 0.3) is 0 Å². The molecule has 0 aromatic rings. The summed E-state index contributed by atoms with van der Waals surface area (Å²) in [5, 5.41) is 6.09. The van der Waals surface area contributed by atoms with Gasteiger partial charge >= 0.3 is 53.7 Å². The zero-order chi connectivity index (χ0) is 6.78. The van der Waals surface area contributed by atoms with Gasteiger partial charge in [0.15, 0.2) is 0 Å². The Balaban J connectivity index is 3.55. The molecular formula is C5H12O2Ti. The fourth-order valence-corrected chi connectivity index (χ4v) is 1.78. The minimum absolute atomic E-state index is 0.141. The standard InChI is InChI=1S/C2H4O2.3CH3.Ti/c1-2(3)4;;;;/h1H3,(H,3,4);3*1H3;/q;;;;+1/p-1. The Bertz CT molecular complexity index is 93.1. The van der Waals surface area contributed by atoms with Gasteiger partial charge in [-0.25, -0.2) is 0 Å². The quantitative estimate of drug-likeness (QED) is 0.535. The summed E-state index contributed by atoms with van der Waals surface area (Å²) in [6.07, 6.45) is 0. The zero-order valence-corrected chi connectivity index (χ0v) is 7.38. The van der Waals surface area contributed by atoms with E-state index < -0.39 is 17.0 Å². The molecule has 0 atom stereocenters. The first kappa shape index (κ1) is 8.18. The van der Waals surface area contributed by atoms with Crippen LogP contribution in [0.5, 0.6) is 0 Å². The van der Waals surface area contributed by atoms with Gasteiger partial charge in [0.25, 0.3) is 0 Å². The molecule has 2 nitrogen and oxygen atoms in total. The molecule has 0 saturated carbocycles. The third kappa shape index (κ3) is 6.18. The van der Waals surface area contributed by atoms with Crippen LogP contribution in [0, 0.1) is 0 Å². The molecule has 0 spiro atoms. The second kappa shape index (κ2) is 2.65. The van der Waals surface area contributed by atoms with Crippen LogP contribution < -0.4 is 0 Å². The molecule has 0 unspecified atom stereocenters. The molecule has 8 heavy (non-hydrogen) atoms. The number of hydrogen-bond acceptors (Lipinski definition) is 2. The summed E-state index contributed by atoms with van der Waals surface area (Å²) in [4.78, 5) is 10.3. The summed E-state index contributed by atoms with van der Waals surface area (Å²) in [5.41, 5.74) is 0. The van der Waals surface area contributed by atoms with Gasteiger partial charge in [-0.15, -0.1) is 0 Å². The Labute approximate surface area is 54.1 Å². The van der Waals surface area contributed by atoms with Crippen molar-refractivity contribution < 1.29 is 25.1 Å². The van der Waals surface area contributed by atoms with Crippen LogP contribution in [0.1, 0.15) is 6.92 Å². The zero-order valence-electron chi connectivity index (χ0n) is 5.82. The van der Waals surface area contributed by atoms with Gasteiger partial charge in [-0.2, -0.15) is 0 Å². The SMILES string of the molecule is CC(=O)[O][Ti]([CH3])([CH3])[CH3]. The fraction of sp³-hybridized carbons (Fsp3) is 0.800. The third-order valence-electron chi connectivity index (χ3n) is 0.450. The normalized spacial score (nSPS) is 11.0. The van der Waals surface area contributed by atoms with Crippen LogP contribution in [0.2, 0.25) is 15.7 Å². The molecule has 0 rings (SSSR count). The molecule has 3 heteroatoms. The summed E-state index contributed by atoms with van der Waals surface area (Å²) in [6.45, 7) is 1.45. The van der Waals surface area contributed by atoms with Gasteiger partial charge in [0.2, 0.25) is 0 Å². The molecule has 0 bridgehead atoms. The van der Waals surface area contributed by atoms with E-state index in [1.165, 1.54) is 6.92 Å². The van der Waals surface area contributed by atoms with Crippen molar-refractivity contribution in [1.82, 2.24) is 0 Å². The second-order valence-corrected chi connectivity index (χ2v) is 9.62. The average molecular weight is 152 g/mol. The predicted octanol–water partition coefficient (Wildman–Crippen LogP) is 1.76. The summed E-state index contributed by atoms with van der Waals surface area (Å²) in [5.74, 6) is -0.141. The van der Waals surface area contributed by atoms with E-state index in [4.69, 9.17) is 3.32 Å².